The largest absolute Gasteiger partial charge is 0.459 e. The fraction of sp³-hybridized carbons (Fsp3) is 0.381. The molecule has 0 saturated heterocycles. The second kappa shape index (κ2) is 8.66. The Morgan fingerprint density at radius 2 is 1.74 bits per heavy atom. The average molecular weight is 371 g/mol. The molecule has 0 aliphatic carbocycles. The summed E-state index contributed by atoms with van der Waals surface area (Å²) >= 11 is 0. The lowest BCUT2D eigenvalue weighted by Crippen LogP contribution is -2.45. The lowest BCUT2D eigenvalue weighted by molar-refractivity contribution is -0.145. The van der Waals surface area contributed by atoms with Crippen molar-refractivity contribution >= 4 is 17.7 Å². The van der Waals surface area contributed by atoms with Gasteiger partial charge in [0.1, 0.15) is 6.04 Å². The molecule has 1 aromatic carbocycles. The van der Waals surface area contributed by atoms with E-state index >= 15 is 0 Å². The number of ether oxygens (including phenoxy) is 1. The van der Waals surface area contributed by atoms with Crippen LogP contribution in [-0.4, -0.2) is 30.3 Å². The Morgan fingerprint density at radius 3 is 2.33 bits per heavy atom. The number of amides is 1. The summed E-state index contributed by atoms with van der Waals surface area (Å²) in [6.07, 6.45) is 1.38. The molecule has 27 heavy (non-hydrogen) atoms. The molecule has 0 aliphatic heterocycles. The second-order valence-corrected chi connectivity index (χ2v) is 6.95. The van der Waals surface area contributed by atoms with Crippen molar-refractivity contribution in [3.63, 3.8) is 0 Å². The number of nitrogens with one attached hydrogen (secondary N) is 1. The Kier molecular flexibility index (Phi) is 6.55. The number of carbonyl (C=O) groups excluding carboxylic acids is 3. The van der Waals surface area contributed by atoms with E-state index in [-0.39, 0.29) is 24.1 Å². The van der Waals surface area contributed by atoms with E-state index in [1.807, 2.05) is 26.8 Å². The van der Waals surface area contributed by atoms with Crippen LogP contribution < -0.4 is 5.32 Å². The molecule has 1 amide bonds. The molecule has 0 bridgehead atoms. The second-order valence-electron chi connectivity index (χ2n) is 6.95. The van der Waals surface area contributed by atoms with Gasteiger partial charge < -0.3 is 14.5 Å². The van der Waals surface area contributed by atoms with Crippen LogP contribution in [-0.2, 0) is 9.53 Å². The maximum absolute atomic E-state index is 12.5. The highest BCUT2D eigenvalue weighted by Crippen LogP contribution is 2.16. The number of Topliss-reactive ketones (excluding diaryl/α,β-unsaturated/α-hetero) is 1. The van der Waals surface area contributed by atoms with Gasteiger partial charge in [0.2, 0.25) is 5.78 Å². The standard InChI is InChI=1S/C21H25NO5/c1-12(2)19(22-20(24)18-7-6-8-26-18)21(25)27-11-17(23)16-10-14(4)13(3)9-15(16)5/h6-10,12,19H,11H2,1-5H3,(H,22,24)/t19-/m0/s1. The first-order chi connectivity index (χ1) is 12.7. The zero-order valence-corrected chi connectivity index (χ0v) is 16.3. The molecule has 0 saturated carbocycles. The van der Waals surface area contributed by atoms with Crippen molar-refractivity contribution in [2.45, 2.75) is 40.7 Å². The van der Waals surface area contributed by atoms with Crippen LogP contribution in [0.25, 0.3) is 0 Å². The van der Waals surface area contributed by atoms with Gasteiger partial charge in [-0.05, 0) is 61.6 Å². The molecule has 1 heterocycles. The molecule has 6 nitrogen and oxygen atoms in total. The number of furan rings is 1. The predicted octanol–water partition coefficient (Wildman–Crippen LogP) is 3.39. The van der Waals surface area contributed by atoms with Gasteiger partial charge in [-0.1, -0.05) is 19.9 Å². The van der Waals surface area contributed by atoms with Crippen LogP contribution in [0.1, 0.15) is 51.5 Å². The lowest BCUT2D eigenvalue weighted by atomic mass is 9.98. The van der Waals surface area contributed by atoms with Gasteiger partial charge in [-0.2, -0.15) is 0 Å². The van der Waals surface area contributed by atoms with Gasteiger partial charge >= 0.3 is 5.97 Å². The van der Waals surface area contributed by atoms with E-state index in [0.717, 1.165) is 16.7 Å². The van der Waals surface area contributed by atoms with Crippen LogP contribution in [0.5, 0.6) is 0 Å². The molecule has 0 aliphatic rings. The summed E-state index contributed by atoms with van der Waals surface area (Å²) in [5, 5.41) is 2.59. The minimum Gasteiger partial charge on any atom is -0.459 e. The van der Waals surface area contributed by atoms with Crippen molar-refractivity contribution in [3.05, 3.63) is 58.5 Å². The minimum absolute atomic E-state index is 0.107. The zero-order valence-electron chi connectivity index (χ0n) is 16.3. The third-order valence-corrected chi connectivity index (χ3v) is 4.44. The number of carbonyl (C=O) groups is 3. The van der Waals surface area contributed by atoms with Gasteiger partial charge in [-0.25, -0.2) is 4.79 Å². The van der Waals surface area contributed by atoms with Crippen LogP contribution >= 0.6 is 0 Å². The number of hydrogen-bond acceptors (Lipinski definition) is 5. The van der Waals surface area contributed by atoms with Crippen LogP contribution in [0.15, 0.2) is 34.9 Å². The van der Waals surface area contributed by atoms with Crippen molar-refractivity contribution in [1.82, 2.24) is 5.32 Å². The van der Waals surface area contributed by atoms with Crippen molar-refractivity contribution < 1.29 is 23.5 Å². The molecule has 1 aromatic heterocycles. The van der Waals surface area contributed by atoms with Crippen molar-refractivity contribution in [1.29, 1.82) is 0 Å². The Balaban J connectivity index is 2.02. The molecule has 0 spiro atoms. The number of ketones is 1. The highest BCUT2D eigenvalue weighted by molar-refractivity contribution is 6.00. The van der Waals surface area contributed by atoms with Crippen molar-refractivity contribution in [2.75, 3.05) is 6.61 Å². The summed E-state index contributed by atoms with van der Waals surface area (Å²) in [4.78, 5) is 37.0. The van der Waals surface area contributed by atoms with Gasteiger partial charge in [0.25, 0.3) is 5.91 Å². The summed E-state index contributed by atoms with van der Waals surface area (Å²) in [6.45, 7) is 8.94. The number of hydrogen-bond donors (Lipinski definition) is 1. The summed E-state index contributed by atoms with van der Waals surface area (Å²) in [5.41, 5.74) is 3.47. The molecule has 0 fully saturated rings. The highest BCUT2D eigenvalue weighted by atomic mass is 16.5. The Labute approximate surface area is 158 Å². The van der Waals surface area contributed by atoms with Gasteiger partial charge in [0.05, 0.1) is 6.26 Å². The molecule has 1 N–H and O–H groups in total. The van der Waals surface area contributed by atoms with Gasteiger partial charge in [-0.15, -0.1) is 0 Å². The number of rotatable bonds is 7. The maximum atomic E-state index is 12.5. The first kappa shape index (κ1) is 20.4. The minimum atomic E-state index is -0.878. The van der Waals surface area contributed by atoms with Crippen LogP contribution in [0.3, 0.4) is 0 Å². The van der Waals surface area contributed by atoms with E-state index in [4.69, 9.17) is 9.15 Å². The molecule has 144 valence electrons. The molecular weight excluding hydrogens is 346 g/mol. The van der Waals surface area contributed by atoms with E-state index in [0.29, 0.717) is 5.56 Å². The van der Waals surface area contributed by atoms with E-state index in [9.17, 15) is 14.4 Å². The van der Waals surface area contributed by atoms with Gasteiger partial charge in [0.15, 0.2) is 12.4 Å². The number of esters is 1. The maximum Gasteiger partial charge on any atom is 0.329 e. The van der Waals surface area contributed by atoms with Crippen molar-refractivity contribution in [3.8, 4) is 0 Å². The lowest BCUT2D eigenvalue weighted by Gasteiger charge is -2.20. The Morgan fingerprint density at radius 1 is 1.07 bits per heavy atom. The molecule has 0 unspecified atom stereocenters. The molecule has 2 aromatic rings. The van der Waals surface area contributed by atoms with E-state index in [1.54, 1.807) is 26.0 Å². The number of benzene rings is 1. The summed E-state index contributed by atoms with van der Waals surface area (Å²) in [6, 6.07) is 5.95. The fourth-order valence-electron chi connectivity index (χ4n) is 2.68. The topological polar surface area (TPSA) is 85.6 Å². The summed E-state index contributed by atoms with van der Waals surface area (Å²) < 4.78 is 10.2. The van der Waals surface area contributed by atoms with E-state index in [1.165, 1.54) is 12.3 Å². The normalized spacial score (nSPS) is 11.9. The molecule has 6 heteroatoms. The van der Waals surface area contributed by atoms with Gasteiger partial charge in [0, 0.05) is 5.56 Å². The smallest absolute Gasteiger partial charge is 0.329 e. The molecule has 1 atom stereocenters. The first-order valence-electron chi connectivity index (χ1n) is 8.82. The molecular formula is C21H25NO5. The van der Waals surface area contributed by atoms with Crippen molar-refractivity contribution in [2.24, 2.45) is 5.92 Å². The summed E-state index contributed by atoms with van der Waals surface area (Å²) in [7, 11) is 0. The monoisotopic (exact) mass is 371 g/mol. The average Bonchev–Trinajstić information content (AvgIpc) is 3.14. The molecule has 0 radical (unpaired) electrons. The van der Waals surface area contributed by atoms with E-state index < -0.39 is 17.9 Å². The fourth-order valence-corrected chi connectivity index (χ4v) is 2.68. The van der Waals surface area contributed by atoms with E-state index in [2.05, 4.69) is 5.32 Å². The van der Waals surface area contributed by atoms with Crippen LogP contribution in [0, 0.1) is 26.7 Å². The predicted molar refractivity (Wildman–Crippen MR) is 101 cm³/mol. The third-order valence-electron chi connectivity index (χ3n) is 4.44. The first-order valence-corrected chi connectivity index (χ1v) is 8.82. The Bertz CT molecular complexity index is 837. The van der Waals surface area contributed by atoms with Gasteiger partial charge in [-0.3, -0.25) is 9.59 Å². The quantitative estimate of drug-likeness (QED) is 0.596. The third kappa shape index (κ3) is 5.06. The Hall–Kier alpha value is -2.89. The van der Waals surface area contributed by atoms with Crippen LogP contribution in [0.4, 0.5) is 0 Å². The van der Waals surface area contributed by atoms with Crippen LogP contribution in [0.2, 0.25) is 0 Å². The molecule has 2 rings (SSSR count). The number of aryl methyl sites for hydroxylation is 3. The zero-order chi connectivity index (χ0) is 20.1. The SMILES string of the molecule is Cc1cc(C)c(C(=O)COC(=O)[C@@H](NC(=O)c2ccco2)C(C)C)cc1C. The highest BCUT2D eigenvalue weighted by Gasteiger charge is 2.27. The summed E-state index contributed by atoms with van der Waals surface area (Å²) in [5.74, 6) is -1.54.